The Morgan fingerprint density at radius 3 is 2.10 bits per heavy atom. The summed E-state index contributed by atoms with van der Waals surface area (Å²) in [6.45, 7) is 8.14. The van der Waals surface area contributed by atoms with Gasteiger partial charge in [0.25, 0.3) is 0 Å². The molecule has 0 aromatic carbocycles. The maximum Gasteiger partial charge on any atom is 0.326 e. The van der Waals surface area contributed by atoms with Crippen LogP contribution < -0.4 is 10.6 Å². The Balaban J connectivity index is 4.35. The van der Waals surface area contributed by atoms with E-state index in [4.69, 9.17) is 5.11 Å². The summed E-state index contributed by atoms with van der Waals surface area (Å²) in [5.41, 5.74) is 0. The number of amides is 3. The zero-order valence-corrected chi connectivity index (χ0v) is 13.5. The third kappa shape index (κ3) is 8.88. The van der Waals surface area contributed by atoms with Gasteiger partial charge in [0.2, 0.25) is 5.91 Å². The molecule has 0 aromatic heterocycles. The molecule has 0 fully saturated rings. The van der Waals surface area contributed by atoms with Gasteiger partial charge in [0.15, 0.2) is 0 Å². The van der Waals surface area contributed by atoms with Crippen molar-refractivity contribution < 1.29 is 19.5 Å². The van der Waals surface area contributed by atoms with Crippen LogP contribution in [0, 0.1) is 11.8 Å². The summed E-state index contributed by atoms with van der Waals surface area (Å²) in [5, 5.41) is 14.2. The Labute approximate surface area is 126 Å². The predicted octanol–water partition coefficient (Wildman–Crippen LogP) is 0.899. The van der Waals surface area contributed by atoms with Crippen LogP contribution in [0.3, 0.4) is 0 Å². The molecule has 0 saturated carbocycles. The van der Waals surface area contributed by atoms with Gasteiger partial charge in [-0.25, -0.2) is 9.59 Å². The molecular weight excluding hydrogens is 274 g/mol. The minimum absolute atomic E-state index is 0.105. The van der Waals surface area contributed by atoms with Crippen molar-refractivity contribution >= 4 is 17.9 Å². The molecular formula is C14H27N3O4. The molecule has 1 atom stereocenters. The quantitative estimate of drug-likeness (QED) is 0.620. The van der Waals surface area contributed by atoms with E-state index < -0.39 is 18.0 Å². The van der Waals surface area contributed by atoms with E-state index in [-0.39, 0.29) is 18.4 Å². The van der Waals surface area contributed by atoms with Crippen molar-refractivity contribution in [2.75, 3.05) is 20.1 Å². The first-order valence-electron chi connectivity index (χ1n) is 7.14. The van der Waals surface area contributed by atoms with Gasteiger partial charge in [0, 0.05) is 13.6 Å². The molecule has 7 heteroatoms. The van der Waals surface area contributed by atoms with Gasteiger partial charge in [-0.3, -0.25) is 4.79 Å². The highest BCUT2D eigenvalue weighted by molar-refractivity contribution is 5.86. The zero-order valence-electron chi connectivity index (χ0n) is 13.5. The highest BCUT2D eigenvalue weighted by Crippen LogP contribution is 2.05. The molecule has 21 heavy (non-hydrogen) atoms. The monoisotopic (exact) mass is 301 g/mol. The van der Waals surface area contributed by atoms with Gasteiger partial charge in [-0.2, -0.15) is 0 Å². The number of rotatable bonds is 8. The van der Waals surface area contributed by atoms with Gasteiger partial charge in [0.1, 0.15) is 12.6 Å². The first-order chi connectivity index (χ1) is 9.63. The molecule has 7 nitrogen and oxygen atoms in total. The van der Waals surface area contributed by atoms with Gasteiger partial charge in [0.05, 0.1) is 0 Å². The fraction of sp³-hybridized carbons (Fsp3) is 0.786. The molecule has 0 aliphatic carbocycles. The molecule has 0 heterocycles. The van der Waals surface area contributed by atoms with Gasteiger partial charge < -0.3 is 20.6 Å². The van der Waals surface area contributed by atoms with E-state index in [0.29, 0.717) is 18.9 Å². The van der Waals surface area contributed by atoms with Crippen LogP contribution >= 0.6 is 0 Å². The van der Waals surface area contributed by atoms with Crippen LogP contribution in [0.2, 0.25) is 0 Å². The molecule has 0 saturated heterocycles. The van der Waals surface area contributed by atoms with Gasteiger partial charge in [-0.05, 0) is 18.3 Å². The van der Waals surface area contributed by atoms with E-state index in [1.54, 1.807) is 0 Å². The first kappa shape index (κ1) is 19.2. The summed E-state index contributed by atoms with van der Waals surface area (Å²) in [5.74, 6) is -0.867. The standard InChI is InChI=1S/C14H27N3O4/c1-9(2)6-11(13(19)20)16-14(21)17(5)8-12(18)15-7-10(3)4/h9-11H,6-8H2,1-5H3,(H,15,18)(H,16,21)(H,19,20)/t11-/m0/s1. The third-order valence-corrected chi connectivity index (χ3v) is 2.74. The van der Waals surface area contributed by atoms with Crippen molar-refractivity contribution in [3.8, 4) is 0 Å². The van der Waals surface area contributed by atoms with E-state index in [9.17, 15) is 14.4 Å². The summed E-state index contributed by atoms with van der Waals surface area (Å²) in [6.07, 6.45) is 0.342. The number of carboxylic acid groups (broad SMARTS) is 1. The molecule has 0 aromatic rings. The summed E-state index contributed by atoms with van der Waals surface area (Å²) >= 11 is 0. The van der Waals surface area contributed by atoms with E-state index in [0.717, 1.165) is 0 Å². The summed E-state index contributed by atoms with van der Waals surface area (Å²) in [7, 11) is 1.46. The van der Waals surface area contributed by atoms with Gasteiger partial charge in [-0.15, -0.1) is 0 Å². The molecule has 122 valence electrons. The predicted molar refractivity (Wildman–Crippen MR) is 79.9 cm³/mol. The number of urea groups is 1. The van der Waals surface area contributed by atoms with E-state index in [1.807, 2.05) is 27.7 Å². The molecule has 0 aliphatic heterocycles. The van der Waals surface area contributed by atoms with Crippen molar-refractivity contribution in [1.29, 1.82) is 0 Å². The van der Waals surface area contributed by atoms with Crippen LogP contribution in [0.1, 0.15) is 34.1 Å². The zero-order chi connectivity index (χ0) is 16.6. The van der Waals surface area contributed by atoms with E-state index in [1.165, 1.54) is 11.9 Å². The molecule has 0 aliphatic rings. The number of hydrogen-bond acceptors (Lipinski definition) is 3. The summed E-state index contributed by atoms with van der Waals surface area (Å²) < 4.78 is 0. The molecule has 0 unspecified atom stereocenters. The number of hydrogen-bond donors (Lipinski definition) is 3. The summed E-state index contributed by atoms with van der Waals surface area (Å²) in [6, 6.07) is -1.51. The number of carboxylic acids is 1. The Morgan fingerprint density at radius 2 is 1.67 bits per heavy atom. The van der Waals surface area contributed by atoms with E-state index >= 15 is 0 Å². The SMILES string of the molecule is CC(C)CNC(=O)CN(C)C(=O)N[C@@H](CC(C)C)C(=O)O. The normalized spacial score (nSPS) is 12.1. The molecule has 3 amide bonds. The number of nitrogens with zero attached hydrogens (tertiary/aromatic N) is 1. The van der Waals surface area contributed by atoms with Crippen LogP contribution in [0.4, 0.5) is 4.79 Å². The topological polar surface area (TPSA) is 98.7 Å². The first-order valence-corrected chi connectivity index (χ1v) is 7.14. The lowest BCUT2D eigenvalue weighted by molar-refractivity contribution is -0.139. The molecule has 0 bridgehead atoms. The second-order valence-corrected chi connectivity index (χ2v) is 6.02. The lowest BCUT2D eigenvalue weighted by atomic mass is 10.0. The van der Waals surface area contributed by atoms with Crippen LogP contribution in [0.25, 0.3) is 0 Å². The maximum atomic E-state index is 11.9. The minimum atomic E-state index is -1.07. The summed E-state index contributed by atoms with van der Waals surface area (Å²) in [4.78, 5) is 35.7. The van der Waals surface area contributed by atoms with Crippen molar-refractivity contribution in [3.05, 3.63) is 0 Å². The van der Waals surface area contributed by atoms with Crippen LogP contribution in [0.5, 0.6) is 0 Å². The fourth-order valence-electron chi connectivity index (χ4n) is 1.61. The lowest BCUT2D eigenvalue weighted by Gasteiger charge is -2.22. The lowest BCUT2D eigenvalue weighted by Crippen LogP contribution is -2.49. The minimum Gasteiger partial charge on any atom is -0.480 e. The van der Waals surface area contributed by atoms with Crippen molar-refractivity contribution in [2.45, 2.75) is 40.2 Å². The second kappa shape index (κ2) is 9.20. The highest BCUT2D eigenvalue weighted by Gasteiger charge is 2.23. The van der Waals surface area contributed by atoms with E-state index in [2.05, 4.69) is 10.6 Å². The molecule has 0 rings (SSSR count). The largest absolute Gasteiger partial charge is 0.480 e. The highest BCUT2D eigenvalue weighted by atomic mass is 16.4. The van der Waals surface area contributed by atoms with Crippen molar-refractivity contribution in [3.63, 3.8) is 0 Å². The molecule has 0 radical (unpaired) electrons. The average Bonchev–Trinajstić information content (AvgIpc) is 2.34. The Hall–Kier alpha value is -1.79. The number of aliphatic carboxylic acids is 1. The second-order valence-electron chi connectivity index (χ2n) is 6.02. The Kier molecular flexibility index (Phi) is 8.42. The fourth-order valence-corrected chi connectivity index (χ4v) is 1.61. The average molecular weight is 301 g/mol. The van der Waals surface area contributed by atoms with Crippen molar-refractivity contribution in [2.24, 2.45) is 11.8 Å². The Morgan fingerprint density at radius 1 is 1.10 bits per heavy atom. The number of carbonyl (C=O) groups is 3. The third-order valence-electron chi connectivity index (χ3n) is 2.74. The van der Waals surface area contributed by atoms with Gasteiger partial charge in [-0.1, -0.05) is 27.7 Å². The van der Waals surface area contributed by atoms with Gasteiger partial charge >= 0.3 is 12.0 Å². The molecule has 0 spiro atoms. The Bertz CT molecular complexity index is 369. The maximum absolute atomic E-state index is 11.9. The number of nitrogens with one attached hydrogen (secondary N) is 2. The number of likely N-dealkylation sites (N-methyl/N-ethyl adjacent to an activating group) is 1. The van der Waals surface area contributed by atoms with Crippen LogP contribution in [-0.2, 0) is 9.59 Å². The smallest absolute Gasteiger partial charge is 0.326 e. The van der Waals surface area contributed by atoms with Crippen LogP contribution in [-0.4, -0.2) is 54.1 Å². The van der Waals surface area contributed by atoms with Crippen LogP contribution in [0.15, 0.2) is 0 Å². The van der Waals surface area contributed by atoms with Crippen molar-refractivity contribution in [1.82, 2.24) is 15.5 Å². The number of carbonyl (C=O) groups excluding carboxylic acids is 2. The molecule has 3 N–H and O–H groups in total.